The molecule has 0 bridgehead atoms. The first-order valence-corrected chi connectivity index (χ1v) is 22.2. The van der Waals surface area contributed by atoms with Crippen LogP contribution in [0.15, 0.2) is 233 Å². The predicted molar refractivity (Wildman–Crippen MR) is 270 cm³/mol. The van der Waals surface area contributed by atoms with Crippen molar-refractivity contribution >= 4 is 54.6 Å². The normalized spacial score (nSPS) is 11.6. The molecule has 0 spiro atoms. The molecule has 5 nitrogen and oxygen atoms in total. The summed E-state index contributed by atoms with van der Waals surface area (Å²) in [7, 11) is 0. The molecular formula is C61H37N3O2. The van der Waals surface area contributed by atoms with Crippen LogP contribution >= 0.6 is 0 Å². The fourth-order valence-electron chi connectivity index (χ4n) is 9.52. The van der Waals surface area contributed by atoms with Gasteiger partial charge in [-0.05, 0) is 62.5 Å². The zero-order valence-corrected chi connectivity index (χ0v) is 35.5. The van der Waals surface area contributed by atoms with Gasteiger partial charge in [-0.3, -0.25) is 0 Å². The highest BCUT2D eigenvalue weighted by atomic mass is 16.3. The molecule has 0 unspecified atom stereocenters. The SMILES string of the molecule is c1ccc(-c2ccc(-c3nc(-c4ccc(-c5ccccc5)cc4)nc(-c4ccc(-c5cccc6oc7c8ccccc8c(-c8cccc9c8oc8ccccc89)cc7c56)cc4)n3)cc2)cc1. The van der Waals surface area contributed by atoms with Gasteiger partial charge in [0.1, 0.15) is 22.3 Å². The van der Waals surface area contributed by atoms with Gasteiger partial charge in [-0.1, -0.05) is 206 Å². The third-order valence-corrected chi connectivity index (χ3v) is 12.8. The number of furan rings is 2. The summed E-state index contributed by atoms with van der Waals surface area (Å²) in [5, 5.41) is 6.49. The van der Waals surface area contributed by atoms with Crippen LogP contribution in [-0.4, -0.2) is 15.0 Å². The monoisotopic (exact) mass is 843 g/mol. The average Bonchev–Trinajstić information content (AvgIpc) is 3.98. The number of hydrogen-bond acceptors (Lipinski definition) is 5. The van der Waals surface area contributed by atoms with Crippen LogP contribution in [0.1, 0.15) is 0 Å². The fourth-order valence-corrected chi connectivity index (χ4v) is 9.52. The van der Waals surface area contributed by atoms with Crippen LogP contribution in [0, 0.1) is 0 Å². The van der Waals surface area contributed by atoms with E-state index in [1.54, 1.807) is 0 Å². The van der Waals surface area contributed by atoms with E-state index >= 15 is 0 Å². The molecule has 0 radical (unpaired) electrons. The Morgan fingerprint density at radius 2 is 0.652 bits per heavy atom. The molecule has 5 heteroatoms. The lowest BCUT2D eigenvalue weighted by molar-refractivity contribution is 0.670. The van der Waals surface area contributed by atoms with Crippen LogP contribution < -0.4 is 0 Å². The number of benzene rings is 10. The number of hydrogen-bond donors (Lipinski definition) is 0. The molecule has 3 heterocycles. The molecule has 0 atom stereocenters. The molecule has 308 valence electrons. The van der Waals surface area contributed by atoms with Gasteiger partial charge in [0.2, 0.25) is 0 Å². The van der Waals surface area contributed by atoms with E-state index in [9.17, 15) is 0 Å². The summed E-state index contributed by atoms with van der Waals surface area (Å²) < 4.78 is 13.4. The second kappa shape index (κ2) is 15.4. The summed E-state index contributed by atoms with van der Waals surface area (Å²) in [4.78, 5) is 15.3. The van der Waals surface area contributed by atoms with Gasteiger partial charge >= 0.3 is 0 Å². The molecule has 0 aliphatic heterocycles. The maximum atomic E-state index is 6.77. The fraction of sp³-hybridized carbons (Fsp3) is 0. The summed E-state index contributed by atoms with van der Waals surface area (Å²) in [5.41, 5.74) is 15.1. The molecule has 0 saturated carbocycles. The number of para-hydroxylation sites is 2. The van der Waals surface area contributed by atoms with E-state index in [2.05, 4.69) is 200 Å². The standard InChI is InChI=1S/C61H37N3O2/c1-3-13-38(14-4-1)40-25-31-43(32-26-40)59-62-60(44-33-27-41(28-34-44)39-15-5-2-6-16-39)64-61(63-59)45-35-29-42(30-36-45)46-20-12-24-55-56(46)53-37-52(47-17-7-8-19-49(47)58(53)66-55)51-22-11-21-50-48-18-9-10-23-54(48)65-57(50)51/h1-37H. The Morgan fingerprint density at radius 1 is 0.242 bits per heavy atom. The Bertz CT molecular complexity index is 3850. The molecule has 0 N–H and O–H groups in total. The van der Waals surface area contributed by atoms with Crippen molar-refractivity contribution in [2.45, 2.75) is 0 Å². The highest BCUT2D eigenvalue weighted by Crippen LogP contribution is 2.45. The van der Waals surface area contributed by atoms with E-state index in [1.807, 2.05) is 24.3 Å². The first kappa shape index (κ1) is 37.6. The summed E-state index contributed by atoms with van der Waals surface area (Å²) in [5.74, 6) is 1.83. The van der Waals surface area contributed by atoms with E-state index in [-0.39, 0.29) is 0 Å². The van der Waals surface area contributed by atoms with Crippen molar-refractivity contribution in [1.82, 2.24) is 15.0 Å². The van der Waals surface area contributed by atoms with Gasteiger partial charge in [0.25, 0.3) is 0 Å². The van der Waals surface area contributed by atoms with Crippen LogP contribution in [0.4, 0.5) is 0 Å². The quantitative estimate of drug-likeness (QED) is 0.160. The molecular weight excluding hydrogens is 807 g/mol. The van der Waals surface area contributed by atoms with Crippen LogP contribution in [0.5, 0.6) is 0 Å². The first-order chi connectivity index (χ1) is 32.7. The van der Waals surface area contributed by atoms with Crippen molar-refractivity contribution in [2.75, 3.05) is 0 Å². The number of aromatic nitrogens is 3. The van der Waals surface area contributed by atoms with E-state index in [1.165, 1.54) is 0 Å². The third kappa shape index (κ3) is 6.36. The Balaban J connectivity index is 0.926. The van der Waals surface area contributed by atoms with Crippen LogP contribution in [0.3, 0.4) is 0 Å². The largest absolute Gasteiger partial charge is 0.455 e. The van der Waals surface area contributed by atoms with E-state index in [0.29, 0.717) is 17.5 Å². The second-order valence-corrected chi connectivity index (χ2v) is 16.7. The van der Waals surface area contributed by atoms with Gasteiger partial charge in [-0.25, -0.2) is 15.0 Å². The number of rotatable bonds is 7. The summed E-state index contributed by atoms with van der Waals surface area (Å²) >= 11 is 0. The highest BCUT2D eigenvalue weighted by Gasteiger charge is 2.21. The van der Waals surface area contributed by atoms with Gasteiger partial charge in [0, 0.05) is 49.2 Å². The Morgan fingerprint density at radius 3 is 1.26 bits per heavy atom. The molecule has 0 aliphatic rings. The summed E-state index contributed by atoms with van der Waals surface area (Å²) in [6.07, 6.45) is 0. The molecule has 13 aromatic rings. The molecule has 0 amide bonds. The zero-order valence-electron chi connectivity index (χ0n) is 35.5. The summed E-state index contributed by atoms with van der Waals surface area (Å²) in [6, 6.07) is 78.0. The Labute approximate surface area is 379 Å². The molecule has 66 heavy (non-hydrogen) atoms. The first-order valence-electron chi connectivity index (χ1n) is 22.2. The predicted octanol–water partition coefficient (Wildman–Crippen LogP) is 16.5. The van der Waals surface area contributed by atoms with Gasteiger partial charge < -0.3 is 8.83 Å². The minimum absolute atomic E-state index is 0.601. The van der Waals surface area contributed by atoms with Gasteiger partial charge in [0.15, 0.2) is 17.5 Å². The van der Waals surface area contributed by atoms with Crippen molar-refractivity contribution in [1.29, 1.82) is 0 Å². The molecule has 3 aromatic heterocycles. The van der Waals surface area contributed by atoms with Gasteiger partial charge in [0.05, 0.1) is 0 Å². The lowest BCUT2D eigenvalue weighted by Crippen LogP contribution is -2.00. The Kier molecular flexibility index (Phi) is 8.78. The maximum Gasteiger partial charge on any atom is 0.164 e. The molecule has 0 fully saturated rings. The van der Waals surface area contributed by atoms with Crippen molar-refractivity contribution in [2.24, 2.45) is 0 Å². The average molecular weight is 844 g/mol. The third-order valence-electron chi connectivity index (χ3n) is 12.8. The lowest BCUT2D eigenvalue weighted by atomic mass is 9.92. The van der Waals surface area contributed by atoms with E-state index in [4.69, 9.17) is 23.8 Å². The van der Waals surface area contributed by atoms with E-state index < -0.39 is 0 Å². The van der Waals surface area contributed by atoms with Crippen LogP contribution in [-0.2, 0) is 0 Å². The Hall–Kier alpha value is -8.93. The van der Waals surface area contributed by atoms with Crippen molar-refractivity contribution in [3.05, 3.63) is 224 Å². The lowest BCUT2D eigenvalue weighted by Gasteiger charge is -2.11. The maximum absolute atomic E-state index is 6.77. The van der Waals surface area contributed by atoms with Gasteiger partial charge in [-0.15, -0.1) is 0 Å². The minimum atomic E-state index is 0.601. The number of fused-ring (bicyclic) bond motifs is 8. The van der Waals surface area contributed by atoms with Crippen molar-refractivity contribution in [3.63, 3.8) is 0 Å². The smallest absolute Gasteiger partial charge is 0.164 e. The van der Waals surface area contributed by atoms with Crippen molar-refractivity contribution in [3.8, 4) is 78.7 Å². The van der Waals surface area contributed by atoms with Crippen LogP contribution in [0.25, 0.3) is 133 Å². The molecule has 13 rings (SSSR count). The molecule has 0 saturated heterocycles. The van der Waals surface area contributed by atoms with E-state index in [0.717, 1.165) is 116 Å². The second-order valence-electron chi connectivity index (χ2n) is 16.7. The summed E-state index contributed by atoms with van der Waals surface area (Å²) in [6.45, 7) is 0. The van der Waals surface area contributed by atoms with Gasteiger partial charge in [-0.2, -0.15) is 0 Å². The minimum Gasteiger partial charge on any atom is -0.455 e. The van der Waals surface area contributed by atoms with Crippen LogP contribution in [0.2, 0.25) is 0 Å². The highest BCUT2D eigenvalue weighted by molar-refractivity contribution is 6.23. The van der Waals surface area contributed by atoms with Crippen molar-refractivity contribution < 1.29 is 8.83 Å². The zero-order chi connectivity index (χ0) is 43.6. The number of nitrogens with zero attached hydrogens (tertiary/aromatic N) is 3. The molecule has 0 aliphatic carbocycles. The topological polar surface area (TPSA) is 65.0 Å². The molecule has 10 aromatic carbocycles.